The minimum absolute atomic E-state index is 0.365. The van der Waals surface area contributed by atoms with E-state index in [4.69, 9.17) is 9.84 Å². The van der Waals surface area contributed by atoms with Crippen LogP contribution in [0.25, 0.3) is 0 Å². The molecule has 0 aliphatic carbocycles. The summed E-state index contributed by atoms with van der Waals surface area (Å²) in [4.78, 5) is 11.5. The summed E-state index contributed by atoms with van der Waals surface area (Å²) in [7, 11) is 0. The molecular formula is C13H19NO4. The number of carbonyl (C=O) groups is 1. The summed E-state index contributed by atoms with van der Waals surface area (Å²) < 4.78 is 5.11. The normalized spacial score (nSPS) is 12.9. The molecule has 1 aromatic rings. The van der Waals surface area contributed by atoms with E-state index in [1.165, 1.54) is 0 Å². The van der Waals surface area contributed by atoms with Gasteiger partial charge in [0.15, 0.2) is 0 Å². The van der Waals surface area contributed by atoms with Gasteiger partial charge in [-0.2, -0.15) is 0 Å². The summed E-state index contributed by atoms with van der Waals surface area (Å²) >= 11 is 0. The van der Waals surface area contributed by atoms with Crippen molar-refractivity contribution in [2.75, 3.05) is 11.9 Å². The zero-order valence-electron chi connectivity index (χ0n) is 10.8. The van der Waals surface area contributed by atoms with Gasteiger partial charge in [-0.3, -0.25) is 5.32 Å². The zero-order valence-corrected chi connectivity index (χ0v) is 10.8. The summed E-state index contributed by atoms with van der Waals surface area (Å²) in [6.07, 6.45) is -1.51. The van der Waals surface area contributed by atoms with Gasteiger partial charge in [0, 0.05) is 5.69 Å². The van der Waals surface area contributed by atoms with Crippen LogP contribution in [-0.2, 0) is 4.74 Å². The third-order valence-corrected chi connectivity index (χ3v) is 2.09. The molecule has 3 N–H and O–H groups in total. The number of aliphatic hydroxyl groups is 2. The quantitative estimate of drug-likeness (QED) is 0.770. The number of aliphatic hydroxyl groups excluding tert-OH is 2. The molecule has 0 heterocycles. The third kappa shape index (κ3) is 4.73. The molecule has 0 fully saturated rings. The fourth-order valence-corrected chi connectivity index (χ4v) is 1.35. The highest BCUT2D eigenvalue weighted by atomic mass is 16.6. The molecule has 0 aliphatic rings. The number of anilines is 1. The van der Waals surface area contributed by atoms with Crippen molar-refractivity contribution in [2.24, 2.45) is 0 Å². The van der Waals surface area contributed by atoms with Crippen molar-refractivity contribution in [3.05, 3.63) is 29.8 Å². The Balaban J connectivity index is 2.71. The minimum atomic E-state index is -0.953. The maximum absolute atomic E-state index is 11.5. The monoisotopic (exact) mass is 253 g/mol. The second-order valence-electron chi connectivity index (χ2n) is 4.95. The van der Waals surface area contributed by atoms with Gasteiger partial charge in [0.05, 0.1) is 6.61 Å². The molecule has 0 aliphatic heterocycles. The predicted molar refractivity (Wildman–Crippen MR) is 68.3 cm³/mol. The molecule has 1 rings (SSSR count). The van der Waals surface area contributed by atoms with Crippen molar-refractivity contribution in [1.82, 2.24) is 0 Å². The molecule has 5 heteroatoms. The highest BCUT2D eigenvalue weighted by Gasteiger charge is 2.16. The molecule has 0 aromatic heterocycles. The fraction of sp³-hybridized carbons (Fsp3) is 0.462. The van der Waals surface area contributed by atoms with Crippen LogP contribution < -0.4 is 5.32 Å². The van der Waals surface area contributed by atoms with Gasteiger partial charge >= 0.3 is 6.09 Å². The van der Waals surface area contributed by atoms with E-state index in [9.17, 15) is 9.90 Å². The van der Waals surface area contributed by atoms with Crippen LogP contribution in [0.1, 0.15) is 32.4 Å². The van der Waals surface area contributed by atoms with Crippen LogP contribution in [-0.4, -0.2) is 28.5 Å². The minimum Gasteiger partial charge on any atom is -0.444 e. The first kappa shape index (κ1) is 14.5. The average molecular weight is 253 g/mol. The fourth-order valence-electron chi connectivity index (χ4n) is 1.35. The van der Waals surface area contributed by atoms with Crippen LogP contribution in [0.3, 0.4) is 0 Å². The number of amides is 1. The smallest absolute Gasteiger partial charge is 0.412 e. The SMILES string of the molecule is CC(C)(C)OC(=O)Nc1cccc(C(O)CO)c1. The van der Waals surface area contributed by atoms with Gasteiger partial charge in [-0.15, -0.1) is 0 Å². The Morgan fingerprint density at radius 1 is 1.44 bits per heavy atom. The number of rotatable bonds is 3. The molecule has 0 saturated carbocycles. The lowest BCUT2D eigenvalue weighted by Crippen LogP contribution is -2.27. The molecule has 0 radical (unpaired) electrons. The molecule has 1 aromatic carbocycles. The molecule has 0 spiro atoms. The van der Waals surface area contributed by atoms with E-state index in [-0.39, 0.29) is 6.61 Å². The van der Waals surface area contributed by atoms with Crippen molar-refractivity contribution in [3.8, 4) is 0 Å². The number of carbonyl (C=O) groups excluding carboxylic acids is 1. The average Bonchev–Trinajstić information content (AvgIpc) is 2.25. The Labute approximate surface area is 106 Å². The largest absolute Gasteiger partial charge is 0.444 e. The van der Waals surface area contributed by atoms with Crippen LogP contribution >= 0.6 is 0 Å². The van der Waals surface area contributed by atoms with Crippen LogP contribution in [0.5, 0.6) is 0 Å². The molecule has 5 nitrogen and oxygen atoms in total. The summed E-state index contributed by atoms with van der Waals surface area (Å²) in [5.74, 6) is 0. The zero-order chi connectivity index (χ0) is 13.8. The molecule has 1 unspecified atom stereocenters. The van der Waals surface area contributed by atoms with Gasteiger partial charge < -0.3 is 14.9 Å². The van der Waals surface area contributed by atoms with Crippen LogP contribution in [0, 0.1) is 0 Å². The van der Waals surface area contributed by atoms with Crippen molar-refractivity contribution in [3.63, 3.8) is 0 Å². The summed E-state index contributed by atoms with van der Waals surface area (Å²) in [6.45, 7) is 4.96. The lowest BCUT2D eigenvalue weighted by molar-refractivity contribution is 0.0635. The number of nitrogens with one attached hydrogen (secondary N) is 1. The van der Waals surface area contributed by atoms with Crippen LogP contribution in [0.4, 0.5) is 10.5 Å². The van der Waals surface area contributed by atoms with Crippen molar-refractivity contribution in [2.45, 2.75) is 32.5 Å². The number of benzene rings is 1. The van der Waals surface area contributed by atoms with Gasteiger partial charge in [0.1, 0.15) is 11.7 Å². The number of hydrogen-bond donors (Lipinski definition) is 3. The Kier molecular flexibility index (Phi) is 4.69. The Morgan fingerprint density at radius 2 is 2.11 bits per heavy atom. The standard InChI is InChI=1S/C13H19NO4/c1-13(2,3)18-12(17)14-10-6-4-5-9(7-10)11(16)8-15/h4-7,11,15-16H,8H2,1-3H3,(H,14,17). The Morgan fingerprint density at radius 3 is 2.67 bits per heavy atom. The maximum Gasteiger partial charge on any atom is 0.412 e. The van der Waals surface area contributed by atoms with Gasteiger partial charge in [-0.1, -0.05) is 12.1 Å². The Bertz CT molecular complexity index is 412. The predicted octanol–water partition coefficient (Wildman–Crippen LogP) is 2.06. The lowest BCUT2D eigenvalue weighted by atomic mass is 10.1. The first-order valence-corrected chi connectivity index (χ1v) is 5.71. The van der Waals surface area contributed by atoms with E-state index in [0.29, 0.717) is 11.3 Å². The first-order chi connectivity index (χ1) is 8.31. The number of hydrogen-bond acceptors (Lipinski definition) is 4. The molecule has 0 saturated heterocycles. The van der Waals surface area contributed by atoms with Gasteiger partial charge in [-0.25, -0.2) is 4.79 Å². The van der Waals surface area contributed by atoms with Gasteiger partial charge in [0.2, 0.25) is 0 Å². The highest BCUT2D eigenvalue weighted by molar-refractivity contribution is 5.84. The van der Waals surface area contributed by atoms with E-state index in [1.807, 2.05) is 0 Å². The van der Waals surface area contributed by atoms with E-state index < -0.39 is 17.8 Å². The molecule has 0 bridgehead atoms. The summed E-state index contributed by atoms with van der Waals surface area (Å²) in [6, 6.07) is 6.62. The van der Waals surface area contributed by atoms with E-state index in [1.54, 1.807) is 45.0 Å². The number of ether oxygens (including phenoxy) is 1. The van der Waals surface area contributed by atoms with E-state index in [2.05, 4.69) is 5.32 Å². The molecule has 1 amide bonds. The van der Waals surface area contributed by atoms with E-state index in [0.717, 1.165) is 0 Å². The first-order valence-electron chi connectivity index (χ1n) is 5.71. The molecule has 1 atom stereocenters. The Hall–Kier alpha value is -1.59. The molecule has 100 valence electrons. The van der Waals surface area contributed by atoms with Crippen molar-refractivity contribution < 1.29 is 19.7 Å². The molecular weight excluding hydrogens is 234 g/mol. The van der Waals surface area contributed by atoms with Crippen molar-refractivity contribution >= 4 is 11.8 Å². The van der Waals surface area contributed by atoms with Crippen LogP contribution in [0.15, 0.2) is 24.3 Å². The molecule has 18 heavy (non-hydrogen) atoms. The summed E-state index contributed by atoms with van der Waals surface area (Å²) in [5.41, 5.74) is 0.479. The topological polar surface area (TPSA) is 78.8 Å². The van der Waals surface area contributed by atoms with Crippen LogP contribution in [0.2, 0.25) is 0 Å². The highest BCUT2D eigenvalue weighted by Crippen LogP contribution is 2.18. The maximum atomic E-state index is 11.5. The summed E-state index contributed by atoms with van der Waals surface area (Å²) in [5, 5.41) is 20.9. The second kappa shape index (κ2) is 5.84. The van der Waals surface area contributed by atoms with Gasteiger partial charge in [0.25, 0.3) is 0 Å². The second-order valence-corrected chi connectivity index (χ2v) is 4.95. The van der Waals surface area contributed by atoms with E-state index >= 15 is 0 Å². The third-order valence-electron chi connectivity index (χ3n) is 2.09. The lowest BCUT2D eigenvalue weighted by Gasteiger charge is -2.20. The van der Waals surface area contributed by atoms with Crippen molar-refractivity contribution in [1.29, 1.82) is 0 Å². The van der Waals surface area contributed by atoms with Gasteiger partial charge in [-0.05, 0) is 38.5 Å².